The van der Waals surface area contributed by atoms with Gasteiger partial charge in [0.2, 0.25) is 0 Å². The minimum absolute atomic E-state index is 0.115. The lowest BCUT2D eigenvalue weighted by Gasteiger charge is -2.37. The number of carbonyl (C=O) groups is 1. The summed E-state index contributed by atoms with van der Waals surface area (Å²) in [4.78, 5) is 15.2. The predicted octanol–water partition coefficient (Wildman–Crippen LogP) is 3.96. The zero-order chi connectivity index (χ0) is 20.4. The first kappa shape index (κ1) is 21.0. The van der Waals surface area contributed by atoms with Crippen LogP contribution < -0.4 is 0 Å². The van der Waals surface area contributed by atoms with Gasteiger partial charge in [0.25, 0.3) is 0 Å². The van der Waals surface area contributed by atoms with Crippen molar-refractivity contribution < 1.29 is 27.1 Å². The minimum Gasteiger partial charge on any atom is -0.444 e. The van der Waals surface area contributed by atoms with Gasteiger partial charge in [-0.25, -0.2) is 9.18 Å². The largest absolute Gasteiger partial charge is 0.444 e. The first-order valence-corrected chi connectivity index (χ1v) is 8.40. The van der Waals surface area contributed by atoms with Crippen molar-refractivity contribution in [1.82, 2.24) is 9.80 Å². The lowest BCUT2D eigenvalue weighted by atomic mass is 10.0. The smallest absolute Gasteiger partial charge is 0.416 e. The molecule has 1 aliphatic heterocycles. The zero-order valence-corrected chi connectivity index (χ0v) is 15.3. The normalized spacial score (nSPS) is 17.3. The van der Waals surface area contributed by atoms with Crippen molar-refractivity contribution in [3.8, 4) is 6.07 Å². The maximum absolute atomic E-state index is 14.2. The second-order valence-corrected chi connectivity index (χ2v) is 7.27. The molecular formula is C18H21F4N3O2. The Bertz CT molecular complexity index is 730. The fourth-order valence-corrected chi connectivity index (χ4v) is 2.76. The summed E-state index contributed by atoms with van der Waals surface area (Å²) in [6, 6.07) is 3.06. The summed E-state index contributed by atoms with van der Waals surface area (Å²) in [5.41, 5.74) is -1.85. The van der Waals surface area contributed by atoms with Crippen molar-refractivity contribution in [2.24, 2.45) is 0 Å². The molecule has 1 aromatic rings. The zero-order valence-electron chi connectivity index (χ0n) is 15.3. The second kappa shape index (κ2) is 7.72. The van der Waals surface area contributed by atoms with Crippen LogP contribution >= 0.6 is 0 Å². The summed E-state index contributed by atoms with van der Waals surface area (Å²) in [7, 11) is 0. The lowest BCUT2D eigenvalue weighted by molar-refractivity contribution is -0.137. The molecule has 1 aliphatic rings. The third kappa shape index (κ3) is 5.32. The van der Waals surface area contributed by atoms with E-state index in [2.05, 4.69) is 0 Å². The Kier molecular flexibility index (Phi) is 6.00. The number of amides is 1. The van der Waals surface area contributed by atoms with E-state index in [0.717, 1.165) is 12.1 Å². The van der Waals surface area contributed by atoms with E-state index in [4.69, 9.17) is 4.74 Å². The van der Waals surface area contributed by atoms with Crippen LogP contribution in [0.15, 0.2) is 18.2 Å². The number of alkyl halides is 3. The second-order valence-electron chi connectivity index (χ2n) is 7.27. The lowest BCUT2D eigenvalue weighted by Crippen LogP contribution is -2.50. The highest BCUT2D eigenvalue weighted by Gasteiger charge is 2.34. The van der Waals surface area contributed by atoms with Crippen LogP contribution in [0.2, 0.25) is 0 Å². The van der Waals surface area contributed by atoms with Crippen LogP contribution in [-0.4, -0.2) is 47.7 Å². The first-order valence-electron chi connectivity index (χ1n) is 8.40. The standard InChI is InChI=1S/C18H21F4N3O2/c1-17(2,3)27-16(26)25-8-6-24(7-9-25)15(11-23)13-5-4-12(10-14(13)19)18(20,21)22/h4-5,10,15H,6-9H2,1-3H3. The Morgan fingerprint density at radius 2 is 1.78 bits per heavy atom. The Hall–Kier alpha value is -2.34. The van der Waals surface area contributed by atoms with Gasteiger partial charge < -0.3 is 9.64 Å². The molecule has 0 saturated carbocycles. The number of rotatable bonds is 2. The van der Waals surface area contributed by atoms with Crippen molar-refractivity contribution in [3.63, 3.8) is 0 Å². The SMILES string of the molecule is CC(C)(C)OC(=O)N1CCN(C(C#N)c2ccc(C(F)(F)F)cc2F)CC1. The molecule has 1 fully saturated rings. The fraction of sp³-hybridized carbons (Fsp3) is 0.556. The molecule has 0 N–H and O–H groups in total. The highest BCUT2D eigenvalue weighted by Crippen LogP contribution is 2.32. The molecule has 1 heterocycles. The molecule has 9 heteroatoms. The minimum atomic E-state index is -4.65. The van der Waals surface area contributed by atoms with Crippen LogP contribution in [0, 0.1) is 17.1 Å². The van der Waals surface area contributed by atoms with Crippen molar-refractivity contribution >= 4 is 6.09 Å². The first-order chi connectivity index (χ1) is 12.4. The van der Waals surface area contributed by atoms with Gasteiger partial charge in [0, 0.05) is 31.7 Å². The summed E-state index contributed by atoms with van der Waals surface area (Å²) in [5.74, 6) is -1.08. The van der Waals surface area contributed by atoms with E-state index in [1.165, 1.54) is 4.90 Å². The number of nitriles is 1. The number of hydrogen-bond donors (Lipinski definition) is 0. The molecule has 1 unspecified atom stereocenters. The summed E-state index contributed by atoms with van der Waals surface area (Å²) >= 11 is 0. The van der Waals surface area contributed by atoms with E-state index < -0.39 is 35.3 Å². The molecular weight excluding hydrogens is 366 g/mol. The summed E-state index contributed by atoms with van der Waals surface area (Å²) in [6.45, 7) is 6.35. The van der Waals surface area contributed by atoms with E-state index >= 15 is 0 Å². The highest BCUT2D eigenvalue weighted by atomic mass is 19.4. The number of carbonyl (C=O) groups excluding carboxylic acids is 1. The maximum Gasteiger partial charge on any atom is 0.416 e. The Morgan fingerprint density at radius 3 is 2.22 bits per heavy atom. The van der Waals surface area contributed by atoms with E-state index in [-0.39, 0.29) is 31.7 Å². The molecule has 5 nitrogen and oxygen atoms in total. The predicted molar refractivity (Wildman–Crippen MR) is 89.1 cm³/mol. The van der Waals surface area contributed by atoms with Gasteiger partial charge in [-0.15, -0.1) is 0 Å². The molecule has 0 aliphatic carbocycles. The molecule has 0 radical (unpaired) electrons. The number of benzene rings is 1. The molecule has 0 aromatic heterocycles. The van der Waals surface area contributed by atoms with Crippen molar-refractivity contribution in [1.29, 1.82) is 5.26 Å². The Labute approximate surface area is 155 Å². The van der Waals surface area contributed by atoms with Crippen molar-refractivity contribution in [3.05, 3.63) is 35.1 Å². The van der Waals surface area contributed by atoms with Crippen LogP contribution in [0.25, 0.3) is 0 Å². The monoisotopic (exact) mass is 387 g/mol. The number of ether oxygens (including phenoxy) is 1. The summed E-state index contributed by atoms with van der Waals surface area (Å²) in [5, 5.41) is 9.43. The van der Waals surface area contributed by atoms with E-state index in [1.807, 2.05) is 6.07 Å². The van der Waals surface area contributed by atoms with Crippen molar-refractivity contribution in [2.45, 2.75) is 38.6 Å². The average molecular weight is 387 g/mol. The van der Waals surface area contributed by atoms with Crippen LogP contribution in [0.1, 0.15) is 37.9 Å². The average Bonchev–Trinajstić information content (AvgIpc) is 2.55. The molecule has 0 bridgehead atoms. The van der Waals surface area contributed by atoms with Gasteiger partial charge in [-0.2, -0.15) is 18.4 Å². The quantitative estimate of drug-likeness (QED) is 0.721. The Balaban J connectivity index is 2.08. The van der Waals surface area contributed by atoms with Crippen LogP contribution in [0.5, 0.6) is 0 Å². The number of nitrogens with zero attached hydrogens (tertiary/aromatic N) is 3. The summed E-state index contributed by atoms with van der Waals surface area (Å²) in [6.07, 6.45) is -5.13. The molecule has 2 rings (SSSR count). The molecule has 1 amide bonds. The number of halogens is 4. The van der Waals surface area contributed by atoms with E-state index in [1.54, 1.807) is 25.7 Å². The molecule has 1 saturated heterocycles. The van der Waals surface area contributed by atoms with Gasteiger partial charge in [-0.3, -0.25) is 4.90 Å². The van der Waals surface area contributed by atoms with Crippen LogP contribution in [0.4, 0.5) is 22.4 Å². The molecule has 148 valence electrons. The van der Waals surface area contributed by atoms with Crippen LogP contribution in [0.3, 0.4) is 0 Å². The van der Waals surface area contributed by atoms with E-state index in [9.17, 15) is 27.6 Å². The number of piperazine rings is 1. The number of hydrogen-bond acceptors (Lipinski definition) is 4. The van der Waals surface area contributed by atoms with Gasteiger partial charge in [-0.1, -0.05) is 6.07 Å². The fourth-order valence-electron chi connectivity index (χ4n) is 2.76. The third-order valence-corrected chi connectivity index (χ3v) is 4.08. The van der Waals surface area contributed by atoms with Gasteiger partial charge in [-0.05, 0) is 32.9 Å². The van der Waals surface area contributed by atoms with Crippen LogP contribution in [-0.2, 0) is 10.9 Å². The van der Waals surface area contributed by atoms with Gasteiger partial charge in [0.05, 0.1) is 11.6 Å². The highest BCUT2D eigenvalue weighted by molar-refractivity contribution is 5.68. The Morgan fingerprint density at radius 1 is 1.19 bits per heavy atom. The van der Waals surface area contributed by atoms with E-state index in [0.29, 0.717) is 6.07 Å². The van der Waals surface area contributed by atoms with Gasteiger partial charge in [0.1, 0.15) is 17.5 Å². The summed E-state index contributed by atoms with van der Waals surface area (Å²) < 4.78 is 57.5. The maximum atomic E-state index is 14.2. The topological polar surface area (TPSA) is 56.6 Å². The van der Waals surface area contributed by atoms with Gasteiger partial charge in [0.15, 0.2) is 0 Å². The molecule has 27 heavy (non-hydrogen) atoms. The third-order valence-electron chi connectivity index (χ3n) is 4.08. The molecule has 1 atom stereocenters. The van der Waals surface area contributed by atoms with Gasteiger partial charge >= 0.3 is 12.3 Å². The van der Waals surface area contributed by atoms with Crippen molar-refractivity contribution in [2.75, 3.05) is 26.2 Å². The molecule has 0 spiro atoms. The molecule has 1 aromatic carbocycles.